The highest BCUT2D eigenvalue weighted by Crippen LogP contribution is 2.38. The van der Waals surface area contributed by atoms with Crippen LogP contribution in [0.2, 0.25) is 0 Å². The van der Waals surface area contributed by atoms with E-state index < -0.39 is 0 Å². The highest BCUT2D eigenvalue weighted by molar-refractivity contribution is 5.87. The number of aromatic nitrogens is 3. The molecule has 0 radical (unpaired) electrons. The van der Waals surface area contributed by atoms with Gasteiger partial charge >= 0.3 is 0 Å². The molecule has 110 valence electrons. The van der Waals surface area contributed by atoms with Crippen molar-refractivity contribution < 1.29 is 4.79 Å². The van der Waals surface area contributed by atoms with Gasteiger partial charge in [0.25, 0.3) is 0 Å². The predicted molar refractivity (Wildman–Crippen MR) is 74.9 cm³/mol. The fraction of sp³-hybridized carbons (Fsp3) is 0.786. The van der Waals surface area contributed by atoms with E-state index in [1.165, 1.54) is 0 Å². The first-order valence-electron chi connectivity index (χ1n) is 7.54. The summed E-state index contributed by atoms with van der Waals surface area (Å²) in [6.07, 6.45) is 5.77. The first-order chi connectivity index (χ1) is 9.67. The van der Waals surface area contributed by atoms with Crippen molar-refractivity contribution in [3.63, 3.8) is 0 Å². The smallest absolute Gasteiger partial charge is 0.242 e. The van der Waals surface area contributed by atoms with Gasteiger partial charge in [0.05, 0.1) is 6.54 Å². The number of likely N-dealkylation sites (tertiary alicyclic amines) is 2. The molecule has 0 saturated carbocycles. The molecule has 0 bridgehead atoms. The van der Waals surface area contributed by atoms with Crippen molar-refractivity contribution in [2.24, 2.45) is 0 Å². The van der Waals surface area contributed by atoms with E-state index in [1.807, 2.05) is 16.6 Å². The molecule has 1 aromatic heterocycles. The third-order valence-corrected chi connectivity index (χ3v) is 4.78. The first kappa shape index (κ1) is 13.5. The van der Waals surface area contributed by atoms with Gasteiger partial charge in [-0.05, 0) is 39.2 Å². The largest absolute Gasteiger partial charge is 0.344 e. The van der Waals surface area contributed by atoms with Crippen LogP contribution in [0.1, 0.15) is 38.4 Å². The number of carbonyl (C=O) groups excluding carboxylic acids is 1. The number of hydrogen-bond acceptors (Lipinski definition) is 4. The Kier molecular flexibility index (Phi) is 3.50. The lowest BCUT2D eigenvalue weighted by atomic mass is 9.85. The zero-order valence-corrected chi connectivity index (χ0v) is 12.4. The molecule has 1 spiro atoms. The highest BCUT2D eigenvalue weighted by Gasteiger charge is 2.50. The second kappa shape index (κ2) is 5.16. The van der Waals surface area contributed by atoms with Gasteiger partial charge in [0.15, 0.2) is 0 Å². The molecule has 1 amide bonds. The molecule has 6 nitrogen and oxygen atoms in total. The third kappa shape index (κ3) is 2.02. The van der Waals surface area contributed by atoms with Crippen molar-refractivity contribution >= 4 is 5.91 Å². The molecule has 20 heavy (non-hydrogen) atoms. The highest BCUT2D eigenvalue weighted by atomic mass is 16.2. The van der Waals surface area contributed by atoms with Crippen molar-refractivity contribution in [2.45, 2.75) is 51.2 Å². The summed E-state index contributed by atoms with van der Waals surface area (Å²) in [4.78, 5) is 21.3. The number of nitrogens with zero attached hydrogens (tertiary/aromatic N) is 5. The molecule has 2 fully saturated rings. The van der Waals surface area contributed by atoms with Crippen LogP contribution in [-0.2, 0) is 17.9 Å². The van der Waals surface area contributed by atoms with Gasteiger partial charge < -0.3 is 4.90 Å². The normalized spacial score (nSPS) is 27.7. The molecule has 3 heterocycles. The number of carbonyl (C=O) groups is 1. The minimum absolute atomic E-state index is 0.280. The second-order valence-electron chi connectivity index (χ2n) is 5.88. The van der Waals surface area contributed by atoms with E-state index in [0.717, 1.165) is 57.7 Å². The van der Waals surface area contributed by atoms with Gasteiger partial charge in [0, 0.05) is 20.1 Å². The van der Waals surface area contributed by atoms with Gasteiger partial charge in [-0.25, -0.2) is 9.67 Å². The van der Waals surface area contributed by atoms with E-state index in [-0.39, 0.29) is 5.54 Å². The summed E-state index contributed by atoms with van der Waals surface area (Å²) in [5.41, 5.74) is -0.280. The fourth-order valence-electron chi connectivity index (χ4n) is 3.71. The lowest BCUT2D eigenvalue weighted by Crippen LogP contribution is -2.58. The minimum atomic E-state index is -0.280. The van der Waals surface area contributed by atoms with Crippen LogP contribution in [0.4, 0.5) is 0 Å². The number of amides is 1. The van der Waals surface area contributed by atoms with Gasteiger partial charge in [-0.2, -0.15) is 5.10 Å². The van der Waals surface area contributed by atoms with E-state index in [9.17, 15) is 4.79 Å². The van der Waals surface area contributed by atoms with E-state index in [4.69, 9.17) is 0 Å². The molecule has 6 heteroatoms. The van der Waals surface area contributed by atoms with Crippen LogP contribution >= 0.6 is 0 Å². The monoisotopic (exact) mass is 277 g/mol. The Morgan fingerprint density at radius 3 is 2.80 bits per heavy atom. The van der Waals surface area contributed by atoms with Crippen molar-refractivity contribution in [3.05, 3.63) is 12.2 Å². The lowest BCUT2D eigenvalue weighted by Gasteiger charge is -2.43. The van der Waals surface area contributed by atoms with Crippen LogP contribution in [0, 0.1) is 0 Å². The van der Waals surface area contributed by atoms with Gasteiger partial charge in [0.1, 0.15) is 17.7 Å². The van der Waals surface area contributed by atoms with E-state index in [0.29, 0.717) is 5.91 Å². The van der Waals surface area contributed by atoms with E-state index in [1.54, 1.807) is 6.33 Å². The molecular weight excluding hydrogens is 254 g/mol. The van der Waals surface area contributed by atoms with Crippen LogP contribution in [-0.4, -0.2) is 56.1 Å². The average Bonchev–Trinajstić information content (AvgIpc) is 3.05. The quantitative estimate of drug-likeness (QED) is 0.823. The van der Waals surface area contributed by atoms with E-state index >= 15 is 0 Å². The van der Waals surface area contributed by atoms with Crippen LogP contribution in [0.3, 0.4) is 0 Å². The summed E-state index contributed by atoms with van der Waals surface area (Å²) in [7, 11) is 1.92. The maximum atomic E-state index is 12.7. The number of likely N-dealkylation sites (N-methyl/N-ethyl adjacent to an activating group) is 1. The Morgan fingerprint density at radius 1 is 1.30 bits per heavy atom. The lowest BCUT2D eigenvalue weighted by molar-refractivity contribution is -0.146. The number of hydrogen-bond donors (Lipinski definition) is 0. The third-order valence-electron chi connectivity index (χ3n) is 4.78. The zero-order chi connectivity index (χ0) is 14.2. The molecule has 3 rings (SSSR count). The summed E-state index contributed by atoms with van der Waals surface area (Å²) in [6.45, 7) is 5.49. The van der Waals surface area contributed by atoms with Crippen LogP contribution < -0.4 is 0 Å². The van der Waals surface area contributed by atoms with Crippen molar-refractivity contribution in [1.29, 1.82) is 0 Å². The van der Waals surface area contributed by atoms with Gasteiger partial charge in [-0.3, -0.25) is 9.69 Å². The fourth-order valence-corrected chi connectivity index (χ4v) is 3.71. The number of aryl methyl sites for hydroxylation is 1. The minimum Gasteiger partial charge on any atom is -0.344 e. The van der Waals surface area contributed by atoms with Crippen LogP contribution in [0.25, 0.3) is 0 Å². The van der Waals surface area contributed by atoms with Crippen molar-refractivity contribution in [1.82, 2.24) is 24.6 Å². The SMILES string of the molecule is CCn1ncnc1CN1CCCC12CCCN(C)C2=O. The Balaban J connectivity index is 1.83. The standard InChI is InChI=1S/C14H23N5O/c1-3-19-12(15-11-16-19)10-18-9-5-7-14(18)6-4-8-17(2)13(14)20/h11H,3-10H2,1-2H3. The zero-order valence-electron chi connectivity index (χ0n) is 12.4. The Morgan fingerprint density at radius 2 is 2.05 bits per heavy atom. The summed E-state index contributed by atoms with van der Waals surface area (Å²) in [5.74, 6) is 1.26. The van der Waals surface area contributed by atoms with E-state index in [2.05, 4.69) is 21.9 Å². The number of piperidine rings is 1. The topological polar surface area (TPSA) is 54.3 Å². The number of rotatable bonds is 3. The Bertz CT molecular complexity index is 500. The van der Waals surface area contributed by atoms with Gasteiger partial charge in [0.2, 0.25) is 5.91 Å². The summed E-state index contributed by atoms with van der Waals surface area (Å²) >= 11 is 0. The molecule has 0 N–H and O–H groups in total. The summed E-state index contributed by atoms with van der Waals surface area (Å²) in [6, 6.07) is 0. The first-order valence-corrected chi connectivity index (χ1v) is 7.54. The predicted octanol–water partition coefficient (Wildman–Crippen LogP) is 0.885. The molecular formula is C14H23N5O. The molecule has 0 aliphatic carbocycles. The summed E-state index contributed by atoms with van der Waals surface area (Å²) in [5, 5.41) is 4.23. The molecule has 2 aliphatic rings. The van der Waals surface area contributed by atoms with Crippen molar-refractivity contribution in [2.75, 3.05) is 20.1 Å². The molecule has 2 saturated heterocycles. The molecule has 1 aromatic rings. The maximum Gasteiger partial charge on any atom is 0.242 e. The Labute approximate surface area is 119 Å². The van der Waals surface area contributed by atoms with Gasteiger partial charge in [-0.15, -0.1) is 0 Å². The average molecular weight is 277 g/mol. The second-order valence-corrected chi connectivity index (χ2v) is 5.88. The van der Waals surface area contributed by atoms with Crippen LogP contribution in [0.15, 0.2) is 6.33 Å². The van der Waals surface area contributed by atoms with Gasteiger partial charge in [-0.1, -0.05) is 0 Å². The molecule has 1 atom stereocenters. The summed E-state index contributed by atoms with van der Waals surface area (Å²) < 4.78 is 1.92. The maximum absolute atomic E-state index is 12.7. The Hall–Kier alpha value is -1.43. The molecule has 2 aliphatic heterocycles. The van der Waals surface area contributed by atoms with Crippen molar-refractivity contribution in [3.8, 4) is 0 Å². The molecule has 0 aromatic carbocycles. The van der Waals surface area contributed by atoms with Crippen LogP contribution in [0.5, 0.6) is 0 Å². The molecule has 1 unspecified atom stereocenters.